The maximum atomic E-state index is 4.33. The minimum absolute atomic E-state index is 0.681. The zero-order chi connectivity index (χ0) is 18.2. The van der Waals surface area contributed by atoms with Gasteiger partial charge in [0.2, 0.25) is 0 Å². The minimum Gasteiger partial charge on any atom is -0.355 e. The number of aromatic amines is 1. The number of hydrogen-bond donors (Lipinski definition) is 1. The molecule has 0 bridgehead atoms. The lowest BCUT2D eigenvalue weighted by molar-refractivity contribution is 1.14. The molecule has 1 N–H and O–H groups in total. The number of nitrogens with one attached hydrogen (secondary N) is 1. The Kier molecular flexibility index (Phi) is 5.68. The van der Waals surface area contributed by atoms with Crippen LogP contribution >= 0.6 is 0 Å². The van der Waals surface area contributed by atoms with Crippen molar-refractivity contribution < 1.29 is 0 Å². The fourth-order valence-corrected chi connectivity index (χ4v) is 2.52. The number of hydrogen-bond acceptors (Lipinski definition) is 3. The van der Waals surface area contributed by atoms with Crippen LogP contribution in [0.5, 0.6) is 0 Å². The first kappa shape index (κ1) is 17.3. The molecule has 2 aromatic heterocycles. The standard InChI is InChI=1S/C22H20N4/c1-3-4-14-23-17(2)10-12-21-19(11-13-22-24-15-7-16-25-22)18-8-5-6-9-20(18)26-21/h3-16,26H,1H2,2H3/b12-10+,13-11+,14-4-,23-17-. The normalized spacial score (nSPS) is 12.7. The highest BCUT2D eigenvalue weighted by molar-refractivity contribution is 6.00. The van der Waals surface area contributed by atoms with Gasteiger partial charge in [0.25, 0.3) is 0 Å². The maximum Gasteiger partial charge on any atom is 0.151 e. The van der Waals surface area contributed by atoms with Gasteiger partial charge >= 0.3 is 0 Å². The number of benzene rings is 1. The molecule has 0 radical (unpaired) electrons. The zero-order valence-corrected chi connectivity index (χ0v) is 14.6. The molecule has 0 atom stereocenters. The quantitative estimate of drug-likeness (QED) is 0.489. The van der Waals surface area contributed by atoms with Gasteiger partial charge in [0.15, 0.2) is 5.82 Å². The fraction of sp³-hybridized carbons (Fsp3) is 0.0455. The number of H-pyrrole nitrogens is 1. The van der Waals surface area contributed by atoms with Crippen LogP contribution in [-0.2, 0) is 0 Å². The van der Waals surface area contributed by atoms with Crippen molar-refractivity contribution in [1.29, 1.82) is 0 Å². The molecule has 0 aliphatic rings. The molecule has 0 saturated heterocycles. The second kappa shape index (κ2) is 8.53. The van der Waals surface area contributed by atoms with E-state index in [1.165, 1.54) is 0 Å². The fourth-order valence-electron chi connectivity index (χ4n) is 2.52. The van der Waals surface area contributed by atoms with E-state index in [1.807, 2.05) is 43.4 Å². The molecule has 0 spiro atoms. The summed E-state index contributed by atoms with van der Waals surface area (Å²) in [5, 5.41) is 1.15. The molecule has 4 heteroatoms. The third kappa shape index (κ3) is 4.30. The summed E-state index contributed by atoms with van der Waals surface area (Å²) in [6.45, 7) is 5.59. The summed E-state index contributed by atoms with van der Waals surface area (Å²) in [4.78, 5) is 16.3. The van der Waals surface area contributed by atoms with E-state index in [0.717, 1.165) is 27.9 Å². The molecule has 26 heavy (non-hydrogen) atoms. The van der Waals surface area contributed by atoms with Crippen molar-refractivity contribution in [2.45, 2.75) is 6.92 Å². The Bertz CT molecular complexity index is 1010. The SMILES string of the molecule is C=C\C=C/N=C(C)\C=C\c1[nH]c2ccccc2c1/C=C/c1ncccn1. The lowest BCUT2D eigenvalue weighted by atomic mass is 10.1. The first-order valence-corrected chi connectivity index (χ1v) is 8.34. The van der Waals surface area contributed by atoms with Gasteiger partial charge in [-0.3, -0.25) is 4.99 Å². The smallest absolute Gasteiger partial charge is 0.151 e. The van der Waals surface area contributed by atoms with Crippen molar-refractivity contribution in [1.82, 2.24) is 15.0 Å². The van der Waals surface area contributed by atoms with E-state index in [9.17, 15) is 0 Å². The highest BCUT2D eigenvalue weighted by Crippen LogP contribution is 2.25. The third-order valence-corrected chi connectivity index (χ3v) is 3.75. The summed E-state index contributed by atoms with van der Waals surface area (Å²) < 4.78 is 0. The van der Waals surface area contributed by atoms with Gasteiger partial charge in [-0.2, -0.15) is 0 Å². The summed E-state index contributed by atoms with van der Waals surface area (Å²) >= 11 is 0. The van der Waals surface area contributed by atoms with Crippen LogP contribution in [0, 0.1) is 0 Å². The zero-order valence-electron chi connectivity index (χ0n) is 14.6. The van der Waals surface area contributed by atoms with Crippen molar-refractivity contribution in [2.75, 3.05) is 0 Å². The van der Waals surface area contributed by atoms with Gasteiger partial charge < -0.3 is 4.98 Å². The predicted molar refractivity (Wildman–Crippen MR) is 111 cm³/mol. The largest absolute Gasteiger partial charge is 0.355 e. The Morgan fingerprint density at radius 2 is 1.88 bits per heavy atom. The maximum absolute atomic E-state index is 4.33. The van der Waals surface area contributed by atoms with Gasteiger partial charge in [0, 0.05) is 46.5 Å². The van der Waals surface area contributed by atoms with Gasteiger partial charge in [-0.25, -0.2) is 9.97 Å². The van der Waals surface area contributed by atoms with E-state index in [-0.39, 0.29) is 0 Å². The average molecular weight is 340 g/mol. The van der Waals surface area contributed by atoms with Crippen LogP contribution in [0.15, 0.2) is 78.7 Å². The lowest BCUT2D eigenvalue weighted by Gasteiger charge is -1.95. The van der Waals surface area contributed by atoms with Gasteiger partial charge in [-0.1, -0.05) is 30.9 Å². The predicted octanol–water partition coefficient (Wildman–Crippen LogP) is 5.30. The Morgan fingerprint density at radius 3 is 2.69 bits per heavy atom. The van der Waals surface area contributed by atoms with Crippen LogP contribution in [0.3, 0.4) is 0 Å². The molecule has 3 rings (SSSR count). The van der Waals surface area contributed by atoms with E-state index >= 15 is 0 Å². The summed E-state index contributed by atoms with van der Waals surface area (Å²) in [7, 11) is 0. The van der Waals surface area contributed by atoms with Crippen LogP contribution in [0.1, 0.15) is 24.0 Å². The van der Waals surface area contributed by atoms with E-state index in [2.05, 4.69) is 38.7 Å². The summed E-state index contributed by atoms with van der Waals surface area (Å²) in [5.41, 5.74) is 4.10. The Labute approximate surface area is 153 Å². The number of rotatable bonds is 6. The molecule has 0 aliphatic carbocycles. The summed E-state index contributed by atoms with van der Waals surface area (Å²) in [6.07, 6.45) is 16.7. The molecule has 0 amide bonds. The van der Waals surface area contributed by atoms with E-state index in [4.69, 9.17) is 0 Å². The number of aliphatic imine (C=N–C) groups is 1. The van der Waals surface area contributed by atoms with Gasteiger partial charge in [-0.05, 0) is 49.4 Å². The number of para-hydroxylation sites is 1. The van der Waals surface area contributed by atoms with Crippen molar-refractivity contribution in [3.63, 3.8) is 0 Å². The van der Waals surface area contributed by atoms with Crippen LogP contribution in [0.4, 0.5) is 0 Å². The molecule has 0 saturated carbocycles. The van der Waals surface area contributed by atoms with Crippen LogP contribution in [0.2, 0.25) is 0 Å². The second-order valence-electron chi connectivity index (χ2n) is 5.62. The van der Waals surface area contributed by atoms with Gasteiger partial charge in [0.05, 0.1) is 0 Å². The van der Waals surface area contributed by atoms with Gasteiger partial charge in [0.1, 0.15) is 0 Å². The molecule has 0 unspecified atom stereocenters. The van der Waals surface area contributed by atoms with Crippen LogP contribution in [-0.4, -0.2) is 20.7 Å². The third-order valence-electron chi connectivity index (χ3n) is 3.75. The number of aromatic nitrogens is 3. The topological polar surface area (TPSA) is 53.9 Å². The molecule has 2 heterocycles. The minimum atomic E-state index is 0.681. The molecule has 1 aromatic carbocycles. The Hall–Kier alpha value is -3.53. The summed E-state index contributed by atoms with van der Waals surface area (Å²) in [6, 6.07) is 10.0. The molecule has 0 aliphatic heterocycles. The number of allylic oxidation sites excluding steroid dienone is 3. The molecular weight excluding hydrogens is 320 g/mol. The van der Waals surface area contributed by atoms with Crippen molar-refractivity contribution in [3.8, 4) is 0 Å². The Balaban J connectivity index is 1.97. The average Bonchev–Trinajstić information content (AvgIpc) is 3.03. The van der Waals surface area contributed by atoms with Crippen LogP contribution in [0.25, 0.3) is 29.1 Å². The lowest BCUT2D eigenvalue weighted by Crippen LogP contribution is -1.85. The Morgan fingerprint density at radius 1 is 1.08 bits per heavy atom. The van der Waals surface area contributed by atoms with Crippen molar-refractivity contribution in [3.05, 3.63) is 90.8 Å². The van der Waals surface area contributed by atoms with Crippen molar-refractivity contribution in [2.24, 2.45) is 4.99 Å². The second-order valence-corrected chi connectivity index (χ2v) is 5.62. The van der Waals surface area contributed by atoms with E-state index < -0.39 is 0 Å². The monoisotopic (exact) mass is 340 g/mol. The highest BCUT2D eigenvalue weighted by Gasteiger charge is 2.06. The number of fused-ring (bicyclic) bond motifs is 1. The van der Waals surface area contributed by atoms with Crippen LogP contribution < -0.4 is 0 Å². The van der Waals surface area contributed by atoms with Gasteiger partial charge in [-0.15, -0.1) is 0 Å². The summed E-state index contributed by atoms with van der Waals surface area (Å²) in [5.74, 6) is 0.681. The first-order chi connectivity index (χ1) is 12.8. The van der Waals surface area contributed by atoms with E-state index in [0.29, 0.717) is 5.82 Å². The molecule has 128 valence electrons. The van der Waals surface area contributed by atoms with Crippen molar-refractivity contribution >= 4 is 34.8 Å². The molecule has 4 nitrogen and oxygen atoms in total. The van der Waals surface area contributed by atoms with E-state index in [1.54, 1.807) is 36.8 Å². The highest BCUT2D eigenvalue weighted by atomic mass is 14.8. The first-order valence-electron chi connectivity index (χ1n) is 8.34. The molecule has 0 fully saturated rings. The number of nitrogens with zero attached hydrogens (tertiary/aromatic N) is 3. The molecular formula is C22H20N4. The molecule has 3 aromatic rings.